The standard InChI is InChI=1S/C11H18O/c1-9-5-10(6-9)7-11(8-12)3-2-4-11/h8-10H,2-7H2,1H3. The molecular formula is C11H18O. The van der Waals surface area contributed by atoms with E-state index in [0.717, 1.165) is 11.8 Å². The molecule has 0 aromatic carbocycles. The van der Waals surface area contributed by atoms with Gasteiger partial charge in [-0.05, 0) is 43.9 Å². The normalized spacial score (nSPS) is 38.1. The van der Waals surface area contributed by atoms with Crippen LogP contribution in [0.4, 0.5) is 0 Å². The fraction of sp³-hybridized carbons (Fsp3) is 0.909. The Bertz CT molecular complexity index is 175. The van der Waals surface area contributed by atoms with Crippen LogP contribution in [0.3, 0.4) is 0 Å². The molecule has 68 valence electrons. The van der Waals surface area contributed by atoms with Crippen LogP contribution in [-0.4, -0.2) is 6.29 Å². The maximum Gasteiger partial charge on any atom is 0.126 e. The highest BCUT2D eigenvalue weighted by Gasteiger charge is 2.41. The molecular weight excluding hydrogens is 148 g/mol. The van der Waals surface area contributed by atoms with E-state index in [4.69, 9.17) is 0 Å². The Morgan fingerprint density at radius 3 is 2.42 bits per heavy atom. The Labute approximate surface area is 74.5 Å². The van der Waals surface area contributed by atoms with Crippen molar-refractivity contribution in [2.75, 3.05) is 0 Å². The van der Waals surface area contributed by atoms with Crippen molar-refractivity contribution in [2.24, 2.45) is 17.3 Å². The van der Waals surface area contributed by atoms with E-state index < -0.39 is 0 Å². The quantitative estimate of drug-likeness (QED) is 0.589. The molecule has 12 heavy (non-hydrogen) atoms. The molecule has 0 amide bonds. The summed E-state index contributed by atoms with van der Waals surface area (Å²) in [5.74, 6) is 1.81. The summed E-state index contributed by atoms with van der Waals surface area (Å²) in [6, 6.07) is 0. The van der Waals surface area contributed by atoms with Gasteiger partial charge in [0.05, 0.1) is 0 Å². The van der Waals surface area contributed by atoms with Crippen LogP contribution in [0.15, 0.2) is 0 Å². The van der Waals surface area contributed by atoms with Gasteiger partial charge in [0.25, 0.3) is 0 Å². The Kier molecular flexibility index (Phi) is 1.97. The lowest BCUT2D eigenvalue weighted by Crippen LogP contribution is -2.36. The summed E-state index contributed by atoms with van der Waals surface area (Å²) in [6.07, 6.45) is 8.79. The van der Waals surface area contributed by atoms with E-state index >= 15 is 0 Å². The van der Waals surface area contributed by atoms with Gasteiger partial charge in [-0.2, -0.15) is 0 Å². The molecule has 0 aromatic rings. The van der Waals surface area contributed by atoms with E-state index in [9.17, 15) is 4.79 Å². The molecule has 0 radical (unpaired) electrons. The zero-order chi connectivity index (χ0) is 8.60. The van der Waals surface area contributed by atoms with E-state index in [1.165, 1.54) is 44.8 Å². The summed E-state index contributed by atoms with van der Waals surface area (Å²) in [4.78, 5) is 10.9. The van der Waals surface area contributed by atoms with E-state index in [0.29, 0.717) is 0 Å². The van der Waals surface area contributed by atoms with Crippen molar-refractivity contribution < 1.29 is 4.79 Å². The van der Waals surface area contributed by atoms with Gasteiger partial charge in [0, 0.05) is 5.41 Å². The molecule has 0 spiro atoms. The predicted octanol–water partition coefficient (Wildman–Crippen LogP) is 2.79. The Morgan fingerprint density at radius 1 is 1.42 bits per heavy atom. The summed E-state index contributed by atoms with van der Waals surface area (Å²) in [5.41, 5.74) is 0.144. The molecule has 0 N–H and O–H groups in total. The van der Waals surface area contributed by atoms with E-state index in [1.54, 1.807) is 0 Å². The monoisotopic (exact) mass is 166 g/mol. The van der Waals surface area contributed by atoms with Crippen molar-refractivity contribution in [3.63, 3.8) is 0 Å². The second-order valence-electron chi connectivity index (χ2n) is 4.98. The lowest BCUT2D eigenvalue weighted by atomic mass is 9.60. The van der Waals surface area contributed by atoms with Crippen LogP contribution in [0.5, 0.6) is 0 Å². The van der Waals surface area contributed by atoms with Crippen LogP contribution in [0.2, 0.25) is 0 Å². The molecule has 0 bridgehead atoms. The van der Waals surface area contributed by atoms with Gasteiger partial charge < -0.3 is 4.79 Å². The van der Waals surface area contributed by atoms with Gasteiger partial charge in [-0.3, -0.25) is 0 Å². The van der Waals surface area contributed by atoms with Crippen molar-refractivity contribution in [1.82, 2.24) is 0 Å². The third kappa shape index (κ3) is 1.30. The van der Waals surface area contributed by atoms with Crippen LogP contribution in [0.25, 0.3) is 0 Å². The molecule has 2 aliphatic carbocycles. The number of hydrogen-bond acceptors (Lipinski definition) is 1. The minimum Gasteiger partial charge on any atom is -0.303 e. The zero-order valence-corrected chi connectivity index (χ0v) is 7.88. The van der Waals surface area contributed by atoms with Gasteiger partial charge in [0.15, 0.2) is 0 Å². The summed E-state index contributed by atoms with van der Waals surface area (Å²) in [5, 5.41) is 0. The second-order valence-corrected chi connectivity index (χ2v) is 4.98. The first kappa shape index (κ1) is 8.28. The Morgan fingerprint density at radius 2 is 2.08 bits per heavy atom. The van der Waals surface area contributed by atoms with Crippen molar-refractivity contribution in [2.45, 2.75) is 45.4 Å². The lowest BCUT2D eigenvalue weighted by molar-refractivity contribution is -0.122. The van der Waals surface area contributed by atoms with Crippen molar-refractivity contribution >= 4 is 6.29 Å². The minimum absolute atomic E-state index is 0.144. The summed E-state index contributed by atoms with van der Waals surface area (Å²) in [7, 11) is 0. The van der Waals surface area contributed by atoms with Crippen LogP contribution in [-0.2, 0) is 4.79 Å². The molecule has 0 aliphatic heterocycles. The fourth-order valence-electron chi connectivity index (χ4n) is 2.81. The zero-order valence-electron chi connectivity index (χ0n) is 7.88. The summed E-state index contributed by atoms with van der Waals surface area (Å²) < 4.78 is 0. The molecule has 0 saturated heterocycles. The van der Waals surface area contributed by atoms with Gasteiger partial charge in [0.1, 0.15) is 6.29 Å². The molecule has 0 aromatic heterocycles. The van der Waals surface area contributed by atoms with Crippen LogP contribution >= 0.6 is 0 Å². The number of aldehydes is 1. The number of carbonyl (C=O) groups is 1. The van der Waals surface area contributed by atoms with Gasteiger partial charge in [-0.1, -0.05) is 13.3 Å². The van der Waals surface area contributed by atoms with Crippen LogP contribution in [0.1, 0.15) is 45.4 Å². The smallest absolute Gasteiger partial charge is 0.126 e. The first-order valence-electron chi connectivity index (χ1n) is 5.20. The average Bonchev–Trinajstić information content (AvgIpc) is 1.92. The van der Waals surface area contributed by atoms with Crippen LogP contribution < -0.4 is 0 Å². The fourth-order valence-corrected chi connectivity index (χ4v) is 2.81. The highest BCUT2D eigenvalue weighted by Crippen LogP contribution is 2.49. The molecule has 0 heterocycles. The highest BCUT2D eigenvalue weighted by atomic mass is 16.1. The van der Waals surface area contributed by atoms with Crippen molar-refractivity contribution in [3.8, 4) is 0 Å². The van der Waals surface area contributed by atoms with Crippen molar-refractivity contribution in [1.29, 1.82) is 0 Å². The molecule has 1 heteroatoms. The molecule has 2 aliphatic rings. The van der Waals surface area contributed by atoms with Gasteiger partial charge in [-0.15, -0.1) is 0 Å². The highest BCUT2D eigenvalue weighted by molar-refractivity contribution is 5.60. The predicted molar refractivity (Wildman–Crippen MR) is 48.9 cm³/mol. The number of hydrogen-bond donors (Lipinski definition) is 0. The number of rotatable bonds is 3. The molecule has 2 rings (SSSR count). The maximum atomic E-state index is 10.9. The van der Waals surface area contributed by atoms with E-state index in [2.05, 4.69) is 6.92 Å². The minimum atomic E-state index is 0.144. The van der Waals surface area contributed by atoms with Gasteiger partial charge in [0.2, 0.25) is 0 Å². The van der Waals surface area contributed by atoms with Gasteiger partial charge >= 0.3 is 0 Å². The third-order valence-electron chi connectivity index (χ3n) is 3.77. The third-order valence-corrected chi connectivity index (χ3v) is 3.77. The van der Waals surface area contributed by atoms with Crippen LogP contribution in [0, 0.1) is 17.3 Å². The van der Waals surface area contributed by atoms with Crippen molar-refractivity contribution in [3.05, 3.63) is 0 Å². The first-order valence-corrected chi connectivity index (χ1v) is 5.20. The molecule has 0 atom stereocenters. The SMILES string of the molecule is CC1CC(CC2(C=O)CCC2)C1. The van der Waals surface area contributed by atoms with Gasteiger partial charge in [-0.25, -0.2) is 0 Å². The van der Waals surface area contributed by atoms with E-state index in [-0.39, 0.29) is 5.41 Å². The average molecular weight is 166 g/mol. The maximum absolute atomic E-state index is 10.9. The lowest BCUT2D eigenvalue weighted by Gasteiger charge is -2.43. The molecule has 2 fully saturated rings. The Hall–Kier alpha value is -0.330. The second kappa shape index (κ2) is 2.86. The molecule has 0 unspecified atom stereocenters. The topological polar surface area (TPSA) is 17.1 Å². The molecule has 1 nitrogen and oxygen atoms in total. The Balaban J connectivity index is 1.81. The summed E-state index contributed by atoms with van der Waals surface area (Å²) in [6.45, 7) is 2.31. The summed E-state index contributed by atoms with van der Waals surface area (Å²) >= 11 is 0. The number of carbonyl (C=O) groups excluding carboxylic acids is 1. The van der Waals surface area contributed by atoms with E-state index in [1.807, 2.05) is 0 Å². The first-order chi connectivity index (χ1) is 5.74. The largest absolute Gasteiger partial charge is 0.303 e. The molecule has 2 saturated carbocycles.